The van der Waals surface area contributed by atoms with Crippen LogP contribution in [0.3, 0.4) is 0 Å². The molecule has 2 aliphatic heterocycles. The molecule has 2 heterocycles. The van der Waals surface area contributed by atoms with E-state index in [9.17, 15) is 22.8 Å². The van der Waals surface area contributed by atoms with E-state index >= 15 is 0 Å². The van der Waals surface area contributed by atoms with E-state index in [0.717, 1.165) is 0 Å². The number of urea groups is 1. The molecule has 0 aromatic heterocycles. The number of nitrogens with one attached hydrogen (secondary N) is 2. The maximum Gasteiger partial charge on any atom is 0.573 e. The Balaban J connectivity index is 1.77. The standard InChI is InChI=1S/C18H19F3N4O3/c1-2-13(11-5-3-6-12(9-11)28-18(19,20)21)24-17(27)25-10-15(26)23-14-7-4-8-22-16(14)25/h3,5-6,8-9,13H,2,4,7,10H2,1H3,(H,23,26)(H,24,27). The highest BCUT2D eigenvalue weighted by Gasteiger charge is 2.32. The third-order valence-electron chi connectivity index (χ3n) is 4.30. The van der Waals surface area contributed by atoms with Crippen LogP contribution >= 0.6 is 0 Å². The number of carbonyl (C=O) groups excluding carboxylic acids is 2. The van der Waals surface area contributed by atoms with Crippen molar-refractivity contribution in [2.45, 2.75) is 38.6 Å². The van der Waals surface area contributed by atoms with Crippen LogP contribution in [0.2, 0.25) is 0 Å². The number of allylic oxidation sites excluding steroid dienone is 1. The van der Waals surface area contributed by atoms with E-state index in [1.807, 2.05) is 0 Å². The highest BCUT2D eigenvalue weighted by Crippen LogP contribution is 2.27. The molecule has 150 valence electrons. The van der Waals surface area contributed by atoms with Crippen molar-refractivity contribution in [3.05, 3.63) is 41.3 Å². The first kappa shape index (κ1) is 19.7. The van der Waals surface area contributed by atoms with Crippen LogP contribution in [0.25, 0.3) is 0 Å². The van der Waals surface area contributed by atoms with Gasteiger partial charge in [-0.3, -0.25) is 9.69 Å². The predicted molar refractivity (Wildman–Crippen MR) is 94.3 cm³/mol. The molecule has 0 fully saturated rings. The molecule has 0 saturated carbocycles. The minimum Gasteiger partial charge on any atom is -0.406 e. The maximum absolute atomic E-state index is 12.8. The maximum atomic E-state index is 12.8. The summed E-state index contributed by atoms with van der Waals surface area (Å²) in [6.45, 7) is 1.60. The molecule has 0 spiro atoms. The van der Waals surface area contributed by atoms with Gasteiger partial charge in [0.1, 0.15) is 12.3 Å². The van der Waals surface area contributed by atoms with Crippen LogP contribution in [-0.4, -0.2) is 36.0 Å². The first-order valence-electron chi connectivity index (χ1n) is 8.76. The van der Waals surface area contributed by atoms with E-state index < -0.39 is 18.4 Å². The smallest absolute Gasteiger partial charge is 0.406 e. The Morgan fingerprint density at radius 2 is 2.21 bits per heavy atom. The number of halogens is 3. The molecule has 0 bridgehead atoms. The Kier molecular flexibility index (Phi) is 5.57. The van der Waals surface area contributed by atoms with Crippen molar-refractivity contribution in [2.24, 2.45) is 4.99 Å². The molecule has 2 N–H and O–H groups in total. The quantitative estimate of drug-likeness (QED) is 0.820. The lowest BCUT2D eigenvalue weighted by molar-refractivity contribution is -0.274. The van der Waals surface area contributed by atoms with Crippen molar-refractivity contribution >= 4 is 18.2 Å². The van der Waals surface area contributed by atoms with Crippen molar-refractivity contribution in [3.63, 3.8) is 0 Å². The summed E-state index contributed by atoms with van der Waals surface area (Å²) in [6.07, 6.45) is -1.46. The molecule has 7 nitrogen and oxygen atoms in total. The number of hydrogen-bond donors (Lipinski definition) is 2. The van der Waals surface area contributed by atoms with E-state index in [1.54, 1.807) is 19.2 Å². The second kappa shape index (κ2) is 7.91. The van der Waals surface area contributed by atoms with Gasteiger partial charge in [-0.1, -0.05) is 19.1 Å². The molecule has 2 aliphatic rings. The Morgan fingerprint density at radius 1 is 1.43 bits per heavy atom. The van der Waals surface area contributed by atoms with Crippen LogP contribution < -0.4 is 15.4 Å². The first-order valence-corrected chi connectivity index (χ1v) is 8.76. The van der Waals surface area contributed by atoms with Crippen LogP contribution in [0.15, 0.2) is 40.8 Å². The number of aliphatic imine (C=N–C) groups is 1. The first-order chi connectivity index (χ1) is 13.3. The number of nitrogens with zero attached hydrogens (tertiary/aromatic N) is 2. The van der Waals surface area contributed by atoms with Crippen molar-refractivity contribution < 1.29 is 27.5 Å². The summed E-state index contributed by atoms with van der Waals surface area (Å²) < 4.78 is 41.3. The lowest BCUT2D eigenvalue weighted by Gasteiger charge is -2.32. The predicted octanol–water partition coefficient (Wildman–Crippen LogP) is 3.21. The van der Waals surface area contributed by atoms with Crippen molar-refractivity contribution in [1.29, 1.82) is 0 Å². The number of carbonyl (C=O) groups is 2. The monoisotopic (exact) mass is 396 g/mol. The molecule has 3 amide bonds. The highest BCUT2D eigenvalue weighted by molar-refractivity contribution is 5.89. The Hall–Kier alpha value is -3.04. The average molecular weight is 396 g/mol. The zero-order valence-electron chi connectivity index (χ0n) is 15.0. The molecule has 0 saturated heterocycles. The Labute approximate surface area is 159 Å². The molecular formula is C18H19F3N4O3. The Bertz CT molecular complexity index is 836. The zero-order chi connectivity index (χ0) is 20.3. The normalized spacial score (nSPS) is 17.7. The van der Waals surface area contributed by atoms with Crippen LogP contribution in [0.4, 0.5) is 18.0 Å². The Morgan fingerprint density at radius 3 is 2.93 bits per heavy atom. The molecule has 0 radical (unpaired) electrons. The summed E-state index contributed by atoms with van der Waals surface area (Å²) in [4.78, 5) is 30.1. The zero-order valence-corrected chi connectivity index (χ0v) is 15.0. The van der Waals surface area contributed by atoms with Gasteiger partial charge in [0.05, 0.1) is 11.7 Å². The molecule has 28 heavy (non-hydrogen) atoms. The second-order valence-corrected chi connectivity index (χ2v) is 6.32. The van der Waals surface area contributed by atoms with Crippen molar-refractivity contribution in [1.82, 2.24) is 15.5 Å². The molecule has 1 atom stereocenters. The number of benzene rings is 1. The molecule has 3 rings (SSSR count). The van der Waals surface area contributed by atoms with Gasteiger partial charge in [-0.2, -0.15) is 0 Å². The summed E-state index contributed by atoms with van der Waals surface area (Å²) in [5.41, 5.74) is 1.04. The van der Waals surface area contributed by atoms with Crippen LogP contribution in [0.5, 0.6) is 5.75 Å². The second-order valence-electron chi connectivity index (χ2n) is 6.32. The highest BCUT2D eigenvalue weighted by atomic mass is 19.4. The number of amides is 3. The van der Waals surface area contributed by atoms with Gasteiger partial charge < -0.3 is 15.4 Å². The van der Waals surface area contributed by atoms with E-state index in [-0.39, 0.29) is 18.2 Å². The molecule has 1 aromatic rings. The van der Waals surface area contributed by atoms with Crippen molar-refractivity contribution in [2.75, 3.05) is 6.54 Å². The fourth-order valence-electron chi connectivity index (χ4n) is 3.07. The SMILES string of the molecule is CCC(NC(=O)N1CC(=O)NC2=C1N=CCC2)c1cccc(OC(F)(F)F)c1. The summed E-state index contributed by atoms with van der Waals surface area (Å²) in [5.74, 6) is -0.302. The van der Waals surface area contributed by atoms with Crippen LogP contribution in [0, 0.1) is 0 Å². The van der Waals surface area contributed by atoms with Gasteiger partial charge in [-0.15, -0.1) is 13.2 Å². The minimum absolute atomic E-state index is 0.185. The fourth-order valence-corrected chi connectivity index (χ4v) is 3.07. The van der Waals surface area contributed by atoms with Crippen LogP contribution in [0.1, 0.15) is 37.8 Å². The van der Waals surface area contributed by atoms with E-state index in [0.29, 0.717) is 36.3 Å². The third-order valence-corrected chi connectivity index (χ3v) is 4.30. The van der Waals surface area contributed by atoms with E-state index in [4.69, 9.17) is 0 Å². The third kappa shape index (κ3) is 4.62. The molecule has 1 aromatic carbocycles. The van der Waals surface area contributed by atoms with Gasteiger partial charge in [0.15, 0.2) is 5.82 Å². The molecule has 10 heteroatoms. The van der Waals surface area contributed by atoms with E-state index in [1.165, 1.54) is 23.1 Å². The summed E-state index contributed by atoms with van der Waals surface area (Å²) in [6, 6.07) is 4.33. The van der Waals surface area contributed by atoms with Gasteiger partial charge in [-0.25, -0.2) is 9.79 Å². The van der Waals surface area contributed by atoms with Crippen molar-refractivity contribution in [3.8, 4) is 5.75 Å². The minimum atomic E-state index is -4.80. The number of rotatable bonds is 4. The molecule has 1 unspecified atom stereocenters. The van der Waals surface area contributed by atoms with Gasteiger partial charge in [-0.05, 0) is 37.0 Å². The lowest BCUT2D eigenvalue weighted by atomic mass is 10.0. The summed E-state index contributed by atoms with van der Waals surface area (Å²) in [7, 11) is 0. The molecular weight excluding hydrogens is 377 g/mol. The van der Waals surface area contributed by atoms with Crippen LogP contribution in [-0.2, 0) is 4.79 Å². The summed E-state index contributed by atoms with van der Waals surface area (Å²) >= 11 is 0. The largest absolute Gasteiger partial charge is 0.573 e. The number of ether oxygens (including phenoxy) is 1. The fraction of sp³-hybridized carbons (Fsp3) is 0.389. The summed E-state index contributed by atoms with van der Waals surface area (Å²) in [5, 5.41) is 5.47. The topological polar surface area (TPSA) is 83.0 Å². The van der Waals surface area contributed by atoms with Gasteiger partial charge >= 0.3 is 12.4 Å². The van der Waals surface area contributed by atoms with E-state index in [2.05, 4.69) is 20.4 Å². The van der Waals surface area contributed by atoms with Gasteiger partial charge in [0.2, 0.25) is 5.91 Å². The average Bonchev–Trinajstić information content (AvgIpc) is 2.64. The number of alkyl halides is 3. The molecule has 0 aliphatic carbocycles. The van der Waals surface area contributed by atoms with Gasteiger partial charge in [0.25, 0.3) is 0 Å². The number of hydrogen-bond acceptors (Lipinski definition) is 4. The lowest BCUT2D eigenvalue weighted by Crippen LogP contribution is -2.50. The van der Waals surface area contributed by atoms with Gasteiger partial charge in [0, 0.05) is 6.21 Å².